The fraction of sp³-hybridized carbons (Fsp3) is 0.323. The number of nitrogens with zero attached hydrogens (tertiary/aromatic N) is 2. The van der Waals surface area contributed by atoms with Crippen LogP contribution in [0.3, 0.4) is 0 Å². The van der Waals surface area contributed by atoms with Gasteiger partial charge in [-0.2, -0.15) is 8.75 Å². The number of esters is 1. The van der Waals surface area contributed by atoms with Crippen molar-refractivity contribution in [2.45, 2.75) is 59.0 Å². The number of rotatable bonds is 9. The third-order valence-electron chi connectivity index (χ3n) is 6.54. The molecule has 40 heavy (non-hydrogen) atoms. The summed E-state index contributed by atoms with van der Waals surface area (Å²) in [5.74, 6) is -1.10. The van der Waals surface area contributed by atoms with Gasteiger partial charge >= 0.3 is 5.97 Å². The van der Waals surface area contributed by atoms with Crippen LogP contribution in [0.4, 0.5) is 0 Å². The Labute approximate surface area is 237 Å². The van der Waals surface area contributed by atoms with Crippen LogP contribution in [-0.4, -0.2) is 39.1 Å². The minimum atomic E-state index is -1.98. The Morgan fingerprint density at radius 1 is 0.925 bits per heavy atom. The summed E-state index contributed by atoms with van der Waals surface area (Å²) in [5.41, 5.74) is 4.90. The molecule has 4 aromatic rings. The van der Waals surface area contributed by atoms with Gasteiger partial charge in [0.2, 0.25) is 5.75 Å². The minimum Gasteiger partial charge on any atom is -0.493 e. The van der Waals surface area contributed by atoms with Crippen molar-refractivity contribution in [1.29, 1.82) is 0 Å². The van der Waals surface area contributed by atoms with Gasteiger partial charge in [-0.1, -0.05) is 35.9 Å². The normalized spacial score (nSPS) is 17.2. The molecule has 1 aliphatic rings. The summed E-state index contributed by atoms with van der Waals surface area (Å²) < 4.78 is 32.2. The zero-order valence-corrected chi connectivity index (χ0v) is 24.2. The molecule has 0 amide bonds. The fourth-order valence-corrected chi connectivity index (χ4v) is 5.29. The highest BCUT2D eigenvalue weighted by Gasteiger charge is 2.48. The number of hydrogen-bond donors (Lipinski definition) is 1. The van der Waals surface area contributed by atoms with Crippen LogP contribution in [0.1, 0.15) is 49.9 Å². The van der Waals surface area contributed by atoms with E-state index in [-0.39, 0.29) is 24.2 Å². The number of carbonyl (C=O) groups is 1. The topological polar surface area (TPSA) is 100 Å². The largest absolute Gasteiger partial charge is 0.493 e. The van der Waals surface area contributed by atoms with Gasteiger partial charge in [0, 0.05) is 17.6 Å². The third kappa shape index (κ3) is 5.26. The van der Waals surface area contributed by atoms with Gasteiger partial charge in [-0.25, -0.2) is 4.79 Å². The van der Waals surface area contributed by atoms with Crippen molar-refractivity contribution < 1.29 is 28.8 Å². The maximum atomic E-state index is 13.5. The number of carbonyl (C=O) groups excluding carboxylic acids is 1. The first kappa shape index (κ1) is 27.6. The third-order valence-corrected chi connectivity index (χ3v) is 7.09. The second-order valence-electron chi connectivity index (χ2n) is 10.4. The average molecular weight is 561 g/mol. The lowest BCUT2D eigenvalue weighted by Crippen LogP contribution is -2.29. The molecule has 0 spiro atoms. The predicted octanol–water partition coefficient (Wildman–Crippen LogP) is 5.98. The van der Waals surface area contributed by atoms with Crippen molar-refractivity contribution in [2.75, 3.05) is 7.11 Å². The van der Waals surface area contributed by atoms with Crippen LogP contribution in [0.15, 0.2) is 60.2 Å². The van der Waals surface area contributed by atoms with Crippen molar-refractivity contribution >= 4 is 34.3 Å². The number of cyclic esters (lactones) is 1. The van der Waals surface area contributed by atoms with E-state index in [0.29, 0.717) is 39.5 Å². The van der Waals surface area contributed by atoms with Gasteiger partial charge in [0.1, 0.15) is 11.0 Å². The Morgan fingerprint density at radius 2 is 1.60 bits per heavy atom. The maximum Gasteiger partial charge on any atom is 0.342 e. The minimum absolute atomic E-state index is 0.105. The molecule has 1 aliphatic heterocycles. The number of fused-ring (bicyclic) bond motifs is 1. The molecule has 1 atom stereocenters. The standard InChI is InChI=1S/C31H32N2O6S/c1-17(2)37-27-15-20(14-26(36-6)29(27)38-18(3)4)13-23-28(21-9-12-24-25(16-21)33-40-32-24)30(34)39-31(23,35)22-10-7-19(5)8-11-22/h7-12,14-18,35H,13H2,1-6H3. The summed E-state index contributed by atoms with van der Waals surface area (Å²) >= 11 is 1.10. The number of methoxy groups -OCH3 is 1. The summed E-state index contributed by atoms with van der Waals surface area (Å²) in [6.07, 6.45) is -0.0549. The zero-order chi connectivity index (χ0) is 28.6. The van der Waals surface area contributed by atoms with Gasteiger partial charge < -0.3 is 24.1 Å². The number of aryl methyl sites for hydroxylation is 1. The van der Waals surface area contributed by atoms with Gasteiger partial charge in [-0.05, 0) is 70.0 Å². The summed E-state index contributed by atoms with van der Waals surface area (Å²) in [4.78, 5) is 13.5. The first-order chi connectivity index (χ1) is 19.1. The van der Waals surface area contributed by atoms with Gasteiger partial charge in [-0.15, -0.1) is 0 Å². The lowest BCUT2D eigenvalue weighted by atomic mass is 9.87. The van der Waals surface area contributed by atoms with Crippen molar-refractivity contribution in [3.05, 3.63) is 82.4 Å². The van der Waals surface area contributed by atoms with Crippen LogP contribution in [0.25, 0.3) is 16.6 Å². The SMILES string of the molecule is COc1cc(CC2=C(c3ccc4nsnc4c3)C(=O)OC2(O)c2ccc(C)cc2)cc(OC(C)C)c1OC(C)C. The number of benzene rings is 3. The molecule has 208 valence electrons. The van der Waals surface area contributed by atoms with Crippen molar-refractivity contribution in [3.8, 4) is 17.2 Å². The van der Waals surface area contributed by atoms with Crippen LogP contribution in [0, 0.1) is 6.92 Å². The first-order valence-corrected chi connectivity index (χ1v) is 13.9. The van der Waals surface area contributed by atoms with E-state index in [0.717, 1.165) is 28.4 Å². The molecule has 3 aromatic carbocycles. The summed E-state index contributed by atoms with van der Waals surface area (Å²) in [6, 6.07) is 16.4. The molecule has 1 aromatic heterocycles. The maximum absolute atomic E-state index is 13.5. The lowest BCUT2D eigenvalue weighted by Gasteiger charge is -2.26. The van der Waals surface area contributed by atoms with E-state index in [1.807, 2.05) is 65.0 Å². The smallest absolute Gasteiger partial charge is 0.342 e. The number of aromatic nitrogens is 2. The average Bonchev–Trinajstić information content (AvgIpc) is 3.46. The molecule has 0 bridgehead atoms. The van der Waals surface area contributed by atoms with Gasteiger partial charge in [-0.3, -0.25) is 0 Å². The summed E-state index contributed by atoms with van der Waals surface area (Å²) in [7, 11) is 1.57. The molecule has 1 N–H and O–H groups in total. The Bertz CT molecular complexity index is 1590. The summed E-state index contributed by atoms with van der Waals surface area (Å²) in [6.45, 7) is 9.68. The van der Waals surface area contributed by atoms with Gasteiger partial charge in [0.15, 0.2) is 11.5 Å². The van der Waals surface area contributed by atoms with Crippen molar-refractivity contribution in [2.24, 2.45) is 0 Å². The molecule has 8 nitrogen and oxygen atoms in total. The second-order valence-corrected chi connectivity index (χ2v) is 10.9. The molecule has 0 aliphatic carbocycles. The van der Waals surface area contributed by atoms with E-state index < -0.39 is 11.8 Å². The number of hydrogen-bond acceptors (Lipinski definition) is 9. The van der Waals surface area contributed by atoms with E-state index in [9.17, 15) is 9.90 Å². The highest BCUT2D eigenvalue weighted by atomic mass is 32.1. The second kappa shape index (κ2) is 10.9. The molecule has 2 heterocycles. The Balaban J connectivity index is 1.70. The fourth-order valence-electron chi connectivity index (χ4n) is 4.77. The van der Waals surface area contributed by atoms with Gasteiger partial charge in [0.05, 0.1) is 36.6 Å². The van der Waals surface area contributed by atoms with E-state index >= 15 is 0 Å². The van der Waals surface area contributed by atoms with E-state index in [4.69, 9.17) is 18.9 Å². The van der Waals surface area contributed by atoms with Crippen LogP contribution >= 0.6 is 11.7 Å². The summed E-state index contributed by atoms with van der Waals surface area (Å²) in [5, 5.41) is 12.1. The Hall–Kier alpha value is -3.95. The van der Waals surface area contributed by atoms with Crippen LogP contribution in [0.5, 0.6) is 17.2 Å². The molecule has 5 rings (SSSR count). The molecule has 0 fully saturated rings. The first-order valence-electron chi connectivity index (χ1n) is 13.1. The number of ether oxygens (including phenoxy) is 4. The quantitative estimate of drug-likeness (QED) is 0.250. The Morgan fingerprint density at radius 3 is 2.27 bits per heavy atom. The van der Waals surface area contributed by atoms with Crippen molar-refractivity contribution in [3.63, 3.8) is 0 Å². The van der Waals surface area contributed by atoms with Crippen molar-refractivity contribution in [1.82, 2.24) is 8.75 Å². The van der Waals surface area contributed by atoms with Crippen LogP contribution in [-0.2, 0) is 21.7 Å². The molecule has 9 heteroatoms. The molecule has 1 unspecified atom stereocenters. The van der Waals surface area contributed by atoms with Crippen LogP contribution < -0.4 is 14.2 Å². The van der Waals surface area contributed by atoms with E-state index in [2.05, 4.69) is 8.75 Å². The van der Waals surface area contributed by atoms with E-state index in [1.165, 1.54) is 0 Å². The van der Waals surface area contributed by atoms with Gasteiger partial charge in [0.25, 0.3) is 5.79 Å². The highest BCUT2D eigenvalue weighted by Crippen LogP contribution is 2.47. The highest BCUT2D eigenvalue weighted by molar-refractivity contribution is 7.00. The molecule has 0 radical (unpaired) electrons. The predicted molar refractivity (Wildman–Crippen MR) is 154 cm³/mol. The number of aliphatic hydroxyl groups is 1. The zero-order valence-electron chi connectivity index (χ0n) is 23.3. The van der Waals surface area contributed by atoms with E-state index in [1.54, 1.807) is 31.4 Å². The molecule has 0 saturated carbocycles. The van der Waals surface area contributed by atoms with Crippen LogP contribution in [0.2, 0.25) is 0 Å². The lowest BCUT2D eigenvalue weighted by molar-refractivity contribution is -0.185. The molecular formula is C31H32N2O6S. The molecule has 0 saturated heterocycles. The monoisotopic (exact) mass is 560 g/mol. The Kier molecular flexibility index (Phi) is 7.53. The molecular weight excluding hydrogens is 528 g/mol.